The lowest BCUT2D eigenvalue weighted by molar-refractivity contribution is -0.163. The molecule has 1 fully saturated rings. The Hall–Kier alpha value is -0.370. The van der Waals surface area contributed by atoms with Crippen LogP contribution in [-0.4, -0.2) is 18.5 Å². The van der Waals surface area contributed by atoms with E-state index in [1.54, 1.807) is 0 Å². The lowest BCUT2D eigenvalue weighted by atomic mass is 9.92. The van der Waals surface area contributed by atoms with Gasteiger partial charge in [0, 0.05) is 6.42 Å². The number of carbonyl (C=O) groups is 1. The summed E-state index contributed by atoms with van der Waals surface area (Å²) >= 11 is 0. The lowest BCUT2D eigenvalue weighted by Crippen LogP contribution is -2.44. The van der Waals surface area contributed by atoms with Crippen LogP contribution in [-0.2, 0) is 9.53 Å². The highest BCUT2D eigenvalue weighted by Gasteiger charge is 2.36. The maximum absolute atomic E-state index is 10.4. The molecule has 0 saturated carbocycles. The van der Waals surface area contributed by atoms with Crippen molar-refractivity contribution in [3.8, 4) is 0 Å². The Kier molecular flexibility index (Phi) is 1.86. The van der Waals surface area contributed by atoms with Crippen molar-refractivity contribution >= 4 is 6.29 Å². The third kappa shape index (κ3) is 1.13. The summed E-state index contributed by atoms with van der Waals surface area (Å²) in [6, 6.07) is 0. The fraction of sp³-hybridized carbons (Fsp3) is 0.857. The van der Waals surface area contributed by atoms with Crippen LogP contribution < -0.4 is 0 Å². The van der Waals surface area contributed by atoms with E-state index in [0.29, 0.717) is 0 Å². The van der Waals surface area contributed by atoms with Crippen LogP contribution >= 0.6 is 0 Å². The Morgan fingerprint density at radius 1 is 1.78 bits per heavy atom. The van der Waals surface area contributed by atoms with Crippen molar-refractivity contribution in [2.45, 2.75) is 31.8 Å². The SMILES string of the molecule is CCCC1(C=O)CCO1. The number of aldehydes is 1. The average molecular weight is 128 g/mol. The maximum Gasteiger partial charge on any atom is 0.151 e. The summed E-state index contributed by atoms with van der Waals surface area (Å²) in [6.07, 6.45) is 3.78. The molecule has 0 aromatic heterocycles. The quantitative estimate of drug-likeness (QED) is 0.533. The fourth-order valence-electron chi connectivity index (χ4n) is 1.14. The second-order valence-corrected chi connectivity index (χ2v) is 2.53. The Balaban J connectivity index is 2.37. The highest BCUT2D eigenvalue weighted by Crippen LogP contribution is 2.28. The van der Waals surface area contributed by atoms with E-state index in [9.17, 15) is 4.79 Å². The highest BCUT2D eigenvalue weighted by molar-refractivity contribution is 5.63. The molecule has 0 bridgehead atoms. The molecule has 0 aromatic rings. The minimum absolute atomic E-state index is 0.366. The first kappa shape index (κ1) is 6.75. The molecule has 0 aliphatic carbocycles. The summed E-state index contributed by atoms with van der Waals surface area (Å²) < 4.78 is 5.14. The molecule has 9 heavy (non-hydrogen) atoms. The molecule has 1 unspecified atom stereocenters. The Labute approximate surface area is 55.2 Å². The number of ether oxygens (including phenoxy) is 1. The largest absolute Gasteiger partial charge is 0.367 e. The molecule has 0 spiro atoms. The van der Waals surface area contributed by atoms with E-state index in [-0.39, 0.29) is 5.60 Å². The minimum atomic E-state index is -0.366. The van der Waals surface area contributed by atoms with Crippen LogP contribution in [0.3, 0.4) is 0 Å². The van der Waals surface area contributed by atoms with E-state index in [1.165, 1.54) is 0 Å². The fourth-order valence-corrected chi connectivity index (χ4v) is 1.14. The van der Waals surface area contributed by atoms with Crippen molar-refractivity contribution in [2.75, 3.05) is 6.61 Å². The summed E-state index contributed by atoms with van der Waals surface area (Å²) in [5.41, 5.74) is -0.366. The van der Waals surface area contributed by atoms with Crippen LogP contribution in [0.1, 0.15) is 26.2 Å². The zero-order chi connectivity index (χ0) is 6.74. The Morgan fingerprint density at radius 2 is 2.44 bits per heavy atom. The van der Waals surface area contributed by atoms with Gasteiger partial charge in [-0.2, -0.15) is 0 Å². The topological polar surface area (TPSA) is 26.3 Å². The molecule has 0 N–H and O–H groups in total. The lowest BCUT2D eigenvalue weighted by Gasteiger charge is -2.36. The molecule has 1 rings (SSSR count). The molecule has 1 aliphatic rings. The molecule has 1 aliphatic heterocycles. The van der Waals surface area contributed by atoms with Gasteiger partial charge in [-0.3, -0.25) is 0 Å². The van der Waals surface area contributed by atoms with Gasteiger partial charge in [-0.1, -0.05) is 13.3 Å². The van der Waals surface area contributed by atoms with E-state index >= 15 is 0 Å². The van der Waals surface area contributed by atoms with Crippen LogP contribution in [0.15, 0.2) is 0 Å². The number of carbonyl (C=O) groups excluding carboxylic acids is 1. The van der Waals surface area contributed by atoms with E-state index in [4.69, 9.17) is 4.74 Å². The zero-order valence-electron chi connectivity index (χ0n) is 5.72. The van der Waals surface area contributed by atoms with Gasteiger partial charge < -0.3 is 9.53 Å². The van der Waals surface area contributed by atoms with Gasteiger partial charge in [-0.25, -0.2) is 0 Å². The van der Waals surface area contributed by atoms with Crippen molar-refractivity contribution in [1.82, 2.24) is 0 Å². The van der Waals surface area contributed by atoms with Crippen LogP contribution in [0.5, 0.6) is 0 Å². The van der Waals surface area contributed by atoms with Crippen molar-refractivity contribution in [3.05, 3.63) is 0 Å². The maximum atomic E-state index is 10.4. The predicted octanol–water partition coefficient (Wildman–Crippen LogP) is 1.14. The molecule has 1 saturated heterocycles. The minimum Gasteiger partial charge on any atom is -0.367 e. The molecule has 0 radical (unpaired) electrons. The number of rotatable bonds is 3. The molecular weight excluding hydrogens is 116 g/mol. The van der Waals surface area contributed by atoms with E-state index in [2.05, 4.69) is 6.92 Å². The third-order valence-corrected chi connectivity index (χ3v) is 1.80. The first-order valence-electron chi connectivity index (χ1n) is 3.43. The second-order valence-electron chi connectivity index (χ2n) is 2.53. The highest BCUT2D eigenvalue weighted by atomic mass is 16.5. The molecule has 52 valence electrons. The molecule has 1 heterocycles. The third-order valence-electron chi connectivity index (χ3n) is 1.80. The first-order chi connectivity index (χ1) is 4.33. The Morgan fingerprint density at radius 3 is 2.56 bits per heavy atom. The Bertz CT molecular complexity index is 105. The van der Waals surface area contributed by atoms with Crippen LogP contribution in [0.25, 0.3) is 0 Å². The average Bonchev–Trinajstić information content (AvgIpc) is 1.79. The molecule has 2 nitrogen and oxygen atoms in total. The summed E-state index contributed by atoms with van der Waals surface area (Å²) in [5.74, 6) is 0. The van der Waals surface area contributed by atoms with E-state index < -0.39 is 0 Å². The van der Waals surface area contributed by atoms with Crippen molar-refractivity contribution in [2.24, 2.45) is 0 Å². The number of hydrogen-bond donors (Lipinski definition) is 0. The summed E-state index contributed by atoms with van der Waals surface area (Å²) in [4.78, 5) is 10.4. The smallest absolute Gasteiger partial charge is 0.151 e. The van der Waals surface area contributed by atoms with Crippen LogP contribution in [0.4, 0.5) is 0 Å². The van der Waals surface area contributed by atoms with Crippen molar-refractivity contribution in [1.29, 1.82) is 0 Å². The second kappa shape index (κ2) is 2.48. The van der Waals surface area contributed by atoms with Gasteiger partial charge in [0.2, 0.25) is 0 Å². The molecule has 0 aromatic carbocycles. The van der Waals surface area contributed by atoms with Gasteiger partial charge in [0.1, 0.15) is 5.60 Å². The standard InChI is InChI=1S/C7H12O2/c1-2-3-7(6-8)4-5-9-7/h6H,2-5H2,1H3. The van der Waals surface area contributed by atoms with E-state index in [0.717, 1.165) is 32.2 Å². The van der Waals surface area contributed by atoms with Crippen molar-refractivity contribution in [3.63, 3.8) is 0 Å². The number of hydrogen-bond acceptors (Lipinski definition) is 2. The summed E-state index contributed by atoms with van der Waals surface area (Å²) in [6.45, 7) is 2.83. The van der Waals surface area contributed by atoms with Crippen LogP contribution in [0, 0.1) is 0 Å². The summed E-state index contributed by atoms with van der Waals surface area (Å²) in [5, 5.41) is 0. The van der Waals surface area contributed by atoms with E-state index in [1.807, 2.05) is 0 Å². The van der Waals surface area contributed by atoms with Crippen molar-refractivity contribution < 1.29 is 9.53 Å². The van der Waals surface area contributed by atoms with Gasteiger partial charge >= 0.3 is 0 Å². The zero-order valence-corrected chi connectivity index (χ0v) is 5.72. The summed E-state index contributed by atoms with van der Waals surface area (Å²) in [7, 11) is 0. The van der Waals surface area contributed by atoms with Gasteiger partial charge in [-0.15, -0.1) is 0 Å². The monoisotopic (exact) mass is 128 g/mol. The van der Waals surface area contributed by atoms with Crippen LogP contribution in [0.2, 0.25) is 0 Å². The molecule has 2 heteroatoms. The normalized spacial score (nSPS) is 33.4. The molecular formula is C7H12O2. The van der Waals surface area contributed by atoms with Gasteiger partial charge in [-0.05, 0) is 6.42 Å². The van der Waals surface area contributed by atoms with Gasteiger partial charge in [0.15, 0.2) is 6.29 Å². The molecule has 0 amide bonds. The predicted molar refractivity (Wildman–Crippen MR) is 34.3 cm³/mol. The first-order valence-corrected chi connectivity index (χ1v) is 3.43. The molecule has 1 atom stereocenters. The van der Waals surface area contributed by atoms with Gasteiger partial charge in [0.05, 0.1) is 6.61 Å². The van der Waals surface area contributed by atoms with Gasteiger partial charge in [0.25, 0.3) is 0 Å².